The number of aromatic nitrogens is 2. The number of hydrogen-bond donors (Lipinski definition) is 1. The molecule has 0 radical (unpaired) electrons. The lowest BCUT2D eigenvalue weighted by molar-refractivity contribution is 0.0693. The Kier molecular flexibility index (Phi) is 3.10. The molecule has 2 aromatic rings. The molecule has 0 unspecified atom stereocenters. The van der Waals surface area contributed by atoms with Gasteiger partial charge >= 0.3 is 5.97 Å². The van der Waals surface area contributed by atoms with E-state index in [2.05, 4.69) is 9.97 Å². The van der Waals surface area contributed by atoms with Crippen LogP contribution in [0.5, 0.6) is 11.6 Å². The average Bonchev–Trinajstić information content (AvgIpc) is 2.87. The molecule has 2 heterocycles. The highest BCUT2D eigenvalue weighted by Gasteiger charge is 2.21. The molecule has 3 rings (SSSR count). The average molecular weight is 270 g/mol. The van der Waals surface area contributed by atoms with Crippen LogP contribution in [0.1, 0.15) is 33.7 Å². The van der Waals surface area contributed by atoms with Gasteiger partial charge in [-0.2, -0.15) is 0 Å². The van der Waals surface area contributed by atoms with Gasteiger partial charge in [-0.05, 0) is 49.9 Å². The quantitative estimate of drug-likeness (QED) is 0.928. The van der Waals surface area contributed by atoms with Crippen LogP contribution >= 0.6 is 0 Å². The van der Waals surface area contributed by atoms with Gasteiger partial charge in [-0.3, -0.25) is 4.98 Å². The van der Waals surface area contributed by atoms with Gasteiger partial charge in [-0.25, -0.2) is 9.78 Å². The summed E-state index contributed by atoms with van der Waals surface area (Å²) in [5.41, 5.74) is 2.75. The number of fused-ring (bicyclic) bond motifs is 1. The Balaban J connectivity index is 2.04. The maximum atomic E-state index is 11.4. The molecule has 0 spiro atoms. The molecule has 0 aliphatic heterocycles. The molecule has 0 aromatic carbocycles. The second-order valence-corrected chi connectivity index (χ2v) is 4.79. The van der Waals surface area contributed by atoms with Crippen molar-refractivity contribution in [3.8, 4) is 11.6 Å². The number of nitrogens with zero attached hydrogens (tertiary/aromatic N) is 2. The number of ether oxygens (including phenoxy) is 1. The van der Waals surface area contributed by atoms with Crippen LogP contribution in [-0.2, 0) is 12.8 Å². The number of aryl methyl sites for hydroxylation is 3. The van der Waals surface area contributed by atoms with Gasteiger partial charge in [-0.1, -0.05) is 0 Å². The highest BCUT2D eigenvalue weighted by Crippen LogP contribution is 2.30. The fourth-order valence-corrected chi connectivity index (χ4v) is 2.37. The summed E-state index contributed by atoms with van der Waals surface area (Å²) in [5, 5.41) is 9.31. The van der Waals surface area contributed by atoms with Crippen molar-refractivity contribution < 1.29 is 14.6 Å². The maximum Gasteiger partial charge on any atom is 0.341 e. The normalized spacial score (nSPS) is 13.1. The molecule has 0 saturated carbocycles. The number of pyridine rings is 2. The Labute approximate surface area is 116 Å². The molecule has 20 heavy (non-hydrogen) atoms. The van der Waals surface area contributed by atoms with Crippen molar-refractivity contribution in [3.05, 3.63) is 46.9 Å². The van der Waals surface area contributed by atoms with Crippen molar-refractivity contribution in [1.82, 2.24) is 9.97 Å². The van der Waals surface area contributed by atoms with Crippen molar-refractivity contribution in [2.24, 2.45) is 0 Å². The van der Waals surface area contributed by atoms with E-state index in [1.165, 1.54) is 0 Å². The van der Waals surface area contributed by atoms with Crippen LogP contribution in [0, 0.1) is 6.92 Å². The monoisotopic (exact) mass is 270 g/mol. The Bertz CT molecular complexity index is 683. The zero-order chi connectivity index (χ0) is 14.1. The summed E-state index contributed by atoms with van der Waals surface area (Å²) in [6.07, 6.45) is 4.43. The number of hydrogen-bond acceptors (Lipinski definition) is 4. The second-order valence-electron chi connectivity index (χ2n) is 4.79. The van der Waals surface area contributed by atoms with E-state index in [1.807, 2.05) is 6.92 Å². The molecule has 5 heteroatoms. The number of carboxylic acids is 1. The van der Waals surface area contributed by atoms with Crippen molar-refractivity contribution in [1.29, 1.82) is 0 Å². The van der Waals surface area contributed by atoms with E-state index >= 15 is 0 Å². The van der Waals surface area contributed by atoms with E-state index < -0.39 is 5.97 Å². The van der Waals surface area contributed by atoms with Crippen molar-refractivity contribution in [2.75, 3.05) is 0 Å². The molecule has 0 amide bonds. The van der Waals surface area contributed by atoms with Crippen molar-refractivity contribution >= 4 is 5.97 Å². The zero-order valence-electron chi connectivity index (χ0n) is 11.1. The van der Waals surface area contributed by atoms with Gasteiger partial charge in [0.1, 0.15) is 5.56 Å². The minimum atomic E-state index is -1.02. The molecule has 0 fully saturated rings. The summed E-state index contributed by atoms with van der Waals surface area (Å²) in [7, 11) is 0. The van der Waals surface area contributed by atoms with Crippen LogP contribution in [-0.4, -0.2) is 21.0 Å². The Morgan fingerprint density at radius 2 is 2.25 bits per heavy atom. The third-order valence-electron chi connectivity index (χ3n) is 3.41. The standard InChI is InChI=1S/C15H14N2O3/c1-9-13(6-3-7-16-9)20-14-11(15(18)19)8-10-4-2-5-12(10)17-14/h3,6-8H,2,4-5H2,1H3,(H,18,19). The molecule has 0 saturated heterocycles. The molecule has 102 valence electrons. The highest BCUT2D eigenvalue weighted by molar-refractivity contribution is 5.90. The van der Waals surface area contributed by atoms with Gasteiger partial charge in [0.25, 0.3) is 0 Å². The van der Waals surface area contributed by atoms with Gasteiger partial charge in [0, 0.05) is 11.9 Å². The van der Waals surface area contributed by atoms with Crippen LogP contribution < -0.4 is 4.74 Å². The van der Waals surface area contributed by atoms with E-state index in [9.17, 15) is 9.90 Å². The first kappa shape index (κ1) is 12.6. The Morgan fingerprint density at radius 1 is 1.40 bits per heavy atom. The first-order valence-electron chi connectivity index (χ1n) is 6.50. The summed E-state index contributed by atoms with van der Waals surface area (Å²) < 4.78 is 5.67. The molecule has 5 nitrogen and oxygen atoms in total. The summed E-state index contributed by atoms with van der Waals surface area (Å²) >= 11 is 0. The van der Waals surface area contributed by atoms with E-state index in [0.29, 0.717) is 11.4 Å². The smallest absolute Gasteiger partial charge is 0.341 e. The molecule has 1 aliphatic rings. The maximum absolute atomic E-state index is 11.4. The van der Waals surface area contributed by atoms with Crippen molar-refractivity contribution in [2.45, 2.75) is 26.2 Å². The zero-order valence-corrected chi connectivity index (χ0v) is 11.1. The second kappa shape index (κ2) is 4.92. The predicted octanol–water partition coefficient (Wildman–Crippen LogP) is 2.76. The number of rotatable bonds is 3. The van der Waals surface area contributed by atoms with Crippen LogP contribution in [0.15, 0.2) is 24.4 Å². The molecule has 0 atom stereocenters. The number of carbonyl (C=O) groups is 1. The van der Waals surface area contributed by atoms with E-state index in [-0.39, 0.29) is 11.4 Å². The van der Waals surface area contributed by atoms with Gasteiger partial charge in [0.2, 0.25) is 5.88 Å². The summed E-state index contributed by atoms with van der Waals surface area (Å²) in [6.45, 7) is 1.81. The van der Waals surface area contributed by atoms with E-state index in [1.54, 1.807) is 24.4 Å². The summed E-state index contributed by atoms with van der Waals surface area (Å²) in [5.74, 6) is -0.349. The van der Waals surface area contributed by atoms with Crippen LogP contribution in [0.3, 0.4) is 0 Å². The van der Waals surface area contributed by atoms with E-state index in [4.69, 9.17) is 4.74 Å². The predicted molar refractivity (Wildman–Crippen MR) is 72.3 cm³/mol. The lowest BCUT2D eigenvalue weighted by Gasteiger charge is -2.11. The topological polar surface area (TPSA) is 72.3 Å². The van der Waals surface area contributed by atoms with E-state index in [0.717, 1.165) is 30.5 Å². The third kappa shape index (κ3) is 2.22. The third-order valence-corrected chi connectivity index (χ3v) is 3.41. The van der Waals surface area contributed by atoms with Crippen LogP contribution in [0.2, 0.25) is 0 Å². The first-order chi connectivity index (χ1) is 9.65. The summed E-state index contributed by atoms with van der Waals surface area (Å²) in [6, 6.07) is 5.18. The van der Waals surface area contributed by atoms with Gasteiger partial charge in [-0.15, -0.1) is 0 Å². The highest BCUT2D eigenvalue weighted by atomic mass is 16.5. The Hall–Kier alpha value is -2.43. The molecular weight excluding hydrogens is 256 g/mol. The molecular formula is C15H14N2O3. The lowest BCUT2D eigenvalue weighted by Crippen LogP contribution is -2.05. The van der Waals surface area contributed by atoms with Gasteiger partial charge in [0.15, 0.2) is 5.75 Å². The van der Waals surface area contributed by atoms with Crippen molar-refractivity contribution in [3.63, 3.8) is 0 Å². The molecule has 1 N–H and O–H groups in total. The van der Waals surface area contributed by atoms with Crippen LogP contribution in [0.4, 0.5) is 0 Å². The fraction of sp³-hybridized carbons (Fsp3) is 0.267. The first-order valence-corrected chi connectivity index (χ1v) is 6.50. The van der Waals surface area contributed by atoms with Gasteiger partial charge in [0.05, 0.1) is 5.69 Å². The lowest BCUT2D eigenvalue weighted by atomic mass is 10.1. The minimum Gasteiger partial charge on any atom is -0.477 e. The largest absolute Gasteiger partial charge is 0.477 e. The molecule has 0 bridgehead atoms. The minimum absolute atomic E-state index is 0.105. The van der Waals surface area contributed by atoms with Crippen LogP contribution in [0.25, 0.3) is 0 Å². The fourth-order valence-electron chi connectivity index (χ4n) is 2.37. The molecule has 1 aliphatic carbocycles. The van der Waals surface area contributed by atoms with Gasteiger partial charge < -0.3 is 9.84 Å². The number of aromatic carboxylic acids is 1. The number of carboxylic acid groups (broad SMARTS) is 1. The Morgan fingerprint density at radius 3 is 3.00 bits per heavy atom. The summed E-state index contributed by atoms with van der Waals surface area (Å²) in [4.78, 5) is 19.9. The molecule has 2 aromatic heterocycles. The SMILES string of the molecule is Cc1ncccc1Oc1nc2c(cc1C(=O)O)CCC2.